The van der Waals surface area contributed by atoms with E-state index in [2.05, 4.69) is 5.32 Å². The van der Waals surface area contributed by atoms with E-state index in [9.17, 15) is 4.79 Å². The van der Waals surface area contributed by atoms with E-state index in [0.717, 1.165) is 19.3 Å². The highest BCUT2D eigenvalue weighted by atomic mass is 35.5. The molecule has 0 aromatic heterocycles. The van der Waals surface area contributed by atoms with E-state index in [1.54, 1.807) is 12.1 Å². The van der Waals surface area contributed by atoms with Crippen LogP contribution in [0.2, 0.25) is 5.02 Å². The van der Waals surface area contributed by atoms with Crippen LogP contribution in [0.15, 0.2) is 24.3 Å². The quantitative estimate of drug-likeness (QED) is 0.809. The molecule has 3 nitrogen and oxygen atoms in total. The van der Waals surface area contributed by atoms with Crippen molar-refractivity contribution < 1.29 is 4.79 Å². The van der Waals surface area contributed by atoms with E-state index in [4.69, 9.17) is 17.3 Å². The largest absolute Gasteiger partial charge is 0.323 e. The number of amides is 1. The van der Waals surface area contributed by atoms with Crippen molar-refractivity contribution in [2.75, 3.05) is 5.32 Å². The number of benzene rings is 1. The van der Waals surface area contributed by atoms with E-state index >= 15 is 0 Å². The molecule has 15 heavy (non-hydrogen) atoms. The number of nitrogens with two attached hydrogens (primary N) is 1. The number of nitrogens with one attached hydrogen (secondary N) is 1. The molecule has 0 atom stereocenters. The molecular formula is C11H13ClN2O. The number of carbonyl (C=O) groups is 1. The number of hydrogen-bond donors (Lipinski definition) is 2. The van der Waals surface area contributed by atoms with Crippen LogP contribution < -0.4 is 11.1 Å². The fourth-order valence-corrected chi connectivity index (χ4v) is 1.78. The van der Waals surface area contributed by atoms with Gasteiger partial charge in [0.15, 0.2) is 0 Å². The van der Waals surface area contributed by atoms with Gasteiger partial charge in [0.05, 0.1) is 16.2 Å². The molecular weight excluding hydrogens is 212 g/mol. The Hall–Kier alpha value is -1.06. The van der Waals surface area contributed by atoms with Gasteiger partial charge >= 0.3 is 0 Å². The van der Waals surface area contributed by atoms with Crippen molar-refractivity contribution in [3.8, 4) is 0 Å². The topological polar surface area (TPSA) is 55.1 Å². The summed E-state index contributed by atoms with van der Waals surface area (Å²) in [6.07, 6.45) is 2.53. The summed E-state index contributed by atoms with van der Waals surface area (Å²) in [5, 5.41) is 3.29. The van der Waals surface area contributed by atoms with E-state index in [1.165, 1.54) is 0 Å². The Morgan fingerprint density at radius 3 is 2.60 bits per heavy atom. The van der Waals surface area contributed by atoms with Crippen molar-refractivity contribution in [2.24, 2.45) is 5.73 Å². The first-order chi connectivity index (χ1) is 7.12. The fourth-order valence-electron chi connectivity index (χ4n) is 1.59. The zero-order chi connectivity index (χ0) is 10.9. The van der Waals surface area contributed by atoms with Crippen LogP contribution in [0, 0.1) is 0 Å². The lowest BCUT2D eigenvalue weighted by Crippen LogP contribution is -2.56. The van der Waals surface area contributed by atoms with Crippen LogP contribution in [0.5, 0.6) is 0 Å². The van der Waals surface area contributed by atoms with Crippen LogP contribution in [-0.4, -0.2) is 11.4 Å². The molecule has 1 aliphatic rings. The van der Waals surface area contributed by atoms with Crippen LogP contribution >= 0.6 is 11.6 Å². The highest BCUT2D eigenvalue weighted by Gasteiger charge is 2.40. The minimum Gasteiger partial charge on any atom is -0.323 e. The lowest BCUT2D eigenvalue weighted by Gasteiger charge is -2.36. The maximum Gasteiger partial charge on any atom is 0.244 e. The second-order valence-corrected chi connectivity index (χ2v) is 4.35. The zero-order valence-corrected chi connectivity index (χ0v) is 9.05. The van der Waals surface area contributed by atoms with Crippen LogP contribution in [-0.2, 0) is 4.79 Å². The molecule has 0 heterocycles. The summed E-state index contributed by atoms with van der Waals surface area (Å²) in [5.41, 5.74) is 5.83. The number of carbonyl (C=O) groups excluding carboxylic acids is 1. The zero-order valence-electron chi connectivity index (χ0n) is 8.29. The van der Waals surface area contributed by atoms with Crippen molar-refractivity contribution in [1.82, 2.24) is 0 Å². The number of hydrogen-bond acceptors (Lipinski definition) is 2. The first-order valence-corrected chi connectivity index (χ1v) is 5.34. The number of para-hydroxylation sites is 1. The molecule has 2 rings (SSSR count). The molecule has 0 aliphatic heterocycles. The van der Waals surface area contributed by atoms with Crippen LogP contribution in [0.3, 0.4) is 0 Å². The van der Waals surface area contributed by atoms with Crippen LogP contribution in [0.1, 0.15) is 19.3 Å². The van der Waals surface area contributed by atoms with E-state index in [1.807, 2.05) is 12.1 Å². The third-order valence-corrected chi connectivity index (χ3v) is 3.15. The molecule has 1 aliphatic carbocycles. The molecule has 0 bridgehead atoms. The predicted molar refractivity (Wildman–Crippen MR) is 60.9 cm³/mol. The van der Waals surface area contributed by atoms with Crippen molar-refractivity contribution >= 4 is 23.2 Å². The highest BCUT2D eigenvalue weighted by molar-refractivity contribution is 6.33. The SMILES string of the molecule is NC1(C(=O)Nc2ccccc2Cl)CCC1. The van der Waals surface area contributed by atoms with E-state index < -0.39 is 5.54 Å². The van der Waals surface area contributed by atoms with Gasteiger partial charge in [-0.1, -0.05) is 23.7 Å². The molecule has 0 radical (unpaired) electrons. The Morgan fingerprint density at radius 1 is 1.40 bits per heavy atom. The van der Waals surface area contributed by atoms with E-state index in [0.29, 0.717) is 10.7 Å². The number of anilines is 1. The molecule has 1 aromatic carbocycles. The molecule has 0 saturated heterocycles. The smallest absolute Gasteiger partial charge is 0.244 e. The maximum atomic E-state index is 11.8. The van der Waals surface area contributed by atoms with Gasteiger partial charge in [-0.25, -0.2) is 0 Å². The third kappa shape index (κ3) is 1.98. The molecule has 1 amide bonds. The van der Waals surface area contributed by atoms with Gasteiger partial charge in [0.1, 0.15) is 0 Å². The van der Waals surface area contributed by atoms with Gasteiger partial charge in [-0.3, -0.25) is 4.79 Å². The van der Waals surface area contributed by atoms with Gasteiger partial charge in [0, 0.05) is 0 Å². The van der Waals surface area contributed by atoms with Gasteiger partial charge in [-0.2, -0.15) is 0 Å². The first-order valence-electron chi connectivity index (χ1n) is 4.97. The second kappa shape index (κ2) is 3.83. The minimum atomic E-state index is -0.681. The molecule has 1 fully saturated rings. The molecule has 4 heteroatoms. The van der Waals surface area contributed by atoms with Gasteiger partial charge < -0.3 is 11.1 Å². The summed E-state index contributed by atoms with van der Waals surface area (Å²) in [5.74, 6) is -0.137. The van der Waals surface area contributed by atoms with Crippen LogP contribution in [0.4, 0.5) is 5.69 Å². The monoisotopic (exact) mass is 224 g/mol. The molecule has 1 aromatic rings. The van der Waals surface area contributed by atoms with Gasteiger partial charge in [0.2, 0.25) is 5.91 Å². The van der Waals surface area contributed by atoms with Crippen molar-refractivity contribution in [3.05, 3.63) is 29.3 Å². The maximum absolute atomic E-state index is 11.8. The van der Waals surface area contributed by atoms with Crippen molar-refractivity contribution in [3.63, 3.8) is 0 Å². The molecule has 1 saturated carbocycles. The summed E-state index contributed by atoms with van der Waals surface area (Å²) >= 11 is 5.92. The molecule has 0 unspecified atom stereocenters. The second-order valence-electron chi connectivity index (χ2n) is 3.94. The highest BCUT2D eigenvalue weighted by Crippen LogP contribution is 2.31. The van der Waals surface area contributed by atoms with Crippen molar-refractivity contribution in [2.45, 2.75) is 24.8 Å². The Kier molecular flexibility index (Phi) is 2.67. The van der Waals surface area contributed by atoms with Crippen molar-refractivity contribution in [1.29, 1.82) is 0 Å². The summed E-state index contributed by atoms with van der Waals surface area (Å²) in [7, 11) is 0. The van der Waals surface area contributed by atoms with Gasteiger partial charge in [-0.15, -0.1) is 0 Å². The summed E-state index contributed by atoms with van der Waals surface area (Å²) in [6, 6.07) is 7.15. The fraction of sp³-hybridized carbons (Fsp3) is 0.364. The standard InChI is InChI=1S/C11H13ClN2O/c12-8-4-1-2-5-9(8)14-10(15)11(13)6-3-7-11/h1-2,4-5H,3,6-7,13H2,(H,14,15). The van der Waals surface area contributed by atoms with Crippen LogP contribution in [0.25, 0.3) is 0 Å². The van der Waals surface area contributed by atoms with E-state index in [-0.39, 0.29) is 5.91 Å². The molecule has 0 spiro atoms. The lowest BCUT2D eigenvalue weighted by molar-refractivity contribution is -0.123. The predicted octanol–water partition coefficient (Wildman–Crippen LogP) is 2.16. The van der Waals surface area contributed by atoms with Gasteiger partial charge in [0.25, 0.3) is 0 Å². The Bertz CT molecular complexity index is 388. The summed E-state index contributed by atoms with van der Waals surface area (Å²) in [4.78, 5) is 11.8. The summed E-state index contributed by atoms with van der Waals surface area (Å²) < 4.78 is 0. The Labute approximate surface area is 93.6 Å². The third-order valence-electron chi connectivity index (χ3n) is 2.82. The Morgan fingerprint density at radius 2 is 2.07 bits per heavy atom. The minimum absolute atomic E-state index is 0.137. The summed E-state index contributed by atoms with van der Waals surface area (Å²) in [6.45, 7) is 0. The average molecular weight is 225 g/mol. The first kappa shape index (κ1) is 10.5. The molecule has 3 N–H and O–H groups in total. The Balaban J connectivity index is 2.09. The number of rotatable bonds is 2. The average Bonchev–Trinajstić information content (AvgIpc) is 2.18. The lowest BCUT2D eigenvalue weighted by atomic mass is 9.77. The van der Waals surface area contributed by atoms with Gasteiger partial charge in [-0.05, 0) is 31.4 Å². The normalized spacial score (nSPS) is 18.0. The number of halogens is 1. The molecule has 80 valence electrons.